The van der Waals surface area contributed by atoms with Gasteiger partial charge in [-0.05, 0) is 25.0 Å². The molecule has 1 atom stereocenters. The molecule has 4 heteroatoms. The second kappa shape index (κ2) is 6.79. The monoisotopic (exact) mass is 248 g/mol. The second-order valence-corrected chi connectivity index (χ2v) is 4.70. The van der Waals surface area contributed by atoms with Crippen LogP contribution in [0.3, 0.4) is 0 Å². The van der Waals surface area contributed by atoms with E-state index in [1.807, 2.05) is 19.9 Å². The minimum atomic E-state index is -0.531. The quantitative estimate of drug-likeness (QED) is 0.831. The molecule has 0 heterocycles. The Balaban J connectivity index is 2.47. The molecule has 0 aromatic heterocycles. The summed E-state index contributed by atoms with van der Waals surface area (Å²) in [5, 5.41) is 5.45. The molecular formula is C14H20N2O2. The maximum absolute atomic E-state index is 11.8. The number of hydrogen-bond acceptors (Lipinski definition) is 2. The zero-order chi connectivity index (χ0) is 13.5. The minimum Gasteiger partial charge on any atom is -0.354 e. The molecule has 18 heavy (non-hydrogen) atoms. The number of benzene rings is 1. The van der Waals surface area contributed by atoms with E-state index in [9.17, 15) is 9.59 Å². The molecule has 0 radical (unpaired) electrons. The molecule has 0 aliphatic carbocycles. The van der Waals surface area contributed by atoms with Crippen LogP contribution in [-0.2, 0) is 4.79 Å². The molecule has 0 aliphatic heterocycles. The first-order valence-electron chi connectivity index (χ1n) is 6.14. The Labute approximate surface area is 108 Å². The van der Waals surface area contributed by atoms with Gasteiger partial charge < -0.3 is 10.6 Å². The zero-order valence-electron chi connectivity index (χ0n) is 11.1. The normalized spacial score (nSPS) is 12.0. The third-order valence-electron chi connectivity index (χ3n) is 2.46. The maximum atomic E-state index is 11.8. The molecule has 0 bridgehead atoms. The van der Waals surface area contributed by atoms with Gasteiger partial charge in [0.25, 0.3) is 5.91 Å². The molecule has 0 fully saturated rings. The van der Waals surface area contributed by atoms with Gasteiger partial charge in [-0.25, -0.2) is 0 Å². The fourth-order valence-electron chi connectivity index (χ4n) is 1.39. The Bertz CT molecular complexity index is 402. The minimum absolute atomic E-state index is 0.159. The van der Waals surface area contributed by atoms with E-state index in [1.54, 1.807) is 31.2 Å². The van der Waals surface area contributed by atoms with Gasteiger partial charge in [0.1, 0.15) is 6.04 Å². The fourth-order valence-corrected chi connectivity index (χ4v) is 1.39. The van der Waals surface area contributed by atoms with Crippen molar-refractivity contribution in [1.29, 1.82) is 0 Å². The van der Waals surface area contributed by atoms with E-state index in [-0.39, 0.29) is 11.8 Å². The van der Waals surface area contributed by atoms with Gasteiger partial charge in [-0.1, -0.05) is 32.0 Å². The van der Waals surface area contributed by atoms with Crippen molar-refractivity contribution in [2.24, 2.45) is 5.92 Å². The maximum Gasteiger partial charge on any atom is 0.251 e. The second-order valence-electron chi connectivity index (χ2n) is 4.70. The van der Waals surface area contributed by atoms with Crippen LogP contribution in [0.15, 0.2) is 30.3 Å². The lowest BCUT2D eigenvalue weighted by Crippen LogP contribution is -2.45. The molecule has 98 valence electrons. The highest BCUT2D eigenvalue weighted by atomic mass is 16.2. The van der Waals surface area contributed by atoms with Crippen molar-refractivity contribution in [3.63, 3.8) is 0 Å². The molecule has 1 aromatic rings. The third-order valence-corrected chi connectivity index (χ3v) is 2.46. The molecule has 0 unspecified atom stereocenters. The summed E-state index contributed by atoms with van der Waals surface area (Å²) in [5.41, 5.74) is 0.556. The first kappa shape index (κ1) is 14.2. The molecular weight excluding hydrogens is 228 g/mol. The highest BCUT2D eigenvalue weighted by molar-refractivity contribution is 5.97. The van der Waals surface area contributed by atoms with Crippen LogP contribution in [0.2, 0.25) is 0 Å². The van der Waals surface area contributed by atoms with Crippen molar-refractivity contribution in [3.05, 3.63) is 35.9 Å². The van der Waals surface area contributed by atoms with Crippen LogP contribution in [0.1, 0.15) is 31.1 Å². The topological polar surface area (TPSA) is 58.2 Å². The fraction of sp³-hybridized carbons (Fsp3) is 0.429. The summed E-state index contributed by atoms with van der Waals surface area (Å²) in [6, 6.07) is 8.32. The largest absolute Gasteiger partial charge is 0.354 e. The predicted molar refractivity (Wildman–Crippen MR) is 71.2 cm³/mol. The van der Waals surface area contributed by atoms with E-state index in [4.69, 9.17) is 0 Å². The number of carbonyl (C=O) groups excluding carboxylic acids is 2. The summed E-state index contributed by atoms with van der Waals surface area (Å²) < 4.78 is 0. The Morgan fingerprint density at radius 3 is 2.28 bits per heavy atom. The van der Waals surface area contributed by atoms with Crippen LogP contribution in [-0.4, -0.2) is 24.4 Å². The van der Waals surface area contributed by atoms with Gasteiger partial charge in [-0.15, -0.1) is 0 Å². The number of carbonyl (C=O) groups is 2. The van der Waals surface area contributed by atoms with Crippen molar-refractivity contribution in [3.8, 4) is 0 Å². The van der Waals surface area contributed by atoms with Gasteiger partial charge in [-0.3, -0.25) is 9.59 Å². The van der Waals surface area contributed by atoms with E-state index in [1.165, 1.54) is 0 Å². The summed E-state index contributed by atoms with van der Waals surface area (Å²) in [6.45, 7) is 6.34. The van der Waals surface area contributed by atoms with E-state index < -0.39 is 6.04 Å². The first-order chi connectivity index (χ1) is 8.50. The molecule has 1 rings (SSSR count). The summed E-state index contributed by atoms with van der Waals surface area (Å²) in [7, 11) is 0. The van der Waals surface area contributed by atoms with E-state index in [0.29, 0.717) is 18.0 Å². The Hall–Kier alpha value is -1.84. The standard InChI is InChI=1S/C14H20N2O2/c1-10(2)9-15-13(17)11(3)16-14(18)12-7-5-4-6-8-12/h4-8,10-11H,9H2,1-3H3,(H,15,17)(H,16,18)/t11-/m1/s1. The number of nitrogens with one attached hydrogen (secondary N) is 2. The Morgan fingerprint density at radius 2 is 1.72 bits per heavy atom. The third kappa shape index (κ3) is 4.57. The number of rotatable bonds is 5. The van der Waals surface area contributed by atoms with Crippen molar-refractivity contribution in [1.82, 2.24) is 10.6 Å². The van der Waals surface area contributed by atoms with Crippen LogP contribution in [0.25, 0.3) is 0 Å². The average molecular weight is 248 g/mol. The average Bonchev–Trinajstić information content (AvgIpc) is 2.36. The van der Waals surface area contributed by atoms with Crippen molar-refractivity contribution < 1.29 is 9.59 Å². The summed E-state index contributed by atoms with van der Waals surface area (Å²) >= 11 is 0. The van der Waals surface area contributed by atoms with E-state index in [0.717, 1.165) is 0 Å². The molecule has 1 aromatic carbocycles. The molecule has 4 nitrogen and oxygen atoms in total. The molecule has 2 amide bonds. The summed E-state index contributed by atoms with van der Waals surface area (Å²) in [5.74, 6) is 0.00162. The van der Waals surface area contributed by atoms with E-state index >= 15 is 0 Å². The van der Waals surface area contributed by atoms with Crippen LogP contribution in [0, 0.1) is 5.92 Å². The van der Waals surface area contributed by atoms with E-state index in [2.05, 4.69) is 10.6 Å². The van der Waals surface area contributed by atoms with Crippen LogP contribution < -0.4 is 10.6 Å². The van der Waals surface area contributed by atoms with Crippen molar-refractivity contribution >= 4 is 11.8 Å². The summed E-state index contributed by atoms with van der Waals surface area (Å²) in [4.78, 5) is 23.5. The van der Waals surface area contributed by atoms with Crippen LogP contribution >= 0.6 is 0 Å². The molecule has 0 saturated carbocycles. The predicted octanol–water partition coefficient (Wildman–Crippen LogP) is 1.58. The van der Waals surface area contributed by atoms with Crippen molar-refractivity contribution in [2.75, 3.05) is 6.54 Å². The van der Waals surface area contributed by atoms with Gasteiger partial charge in [0, 0.05) is 12.1 Å². The van der Waals surface area contributed by atoms with Crippen molar-refractivity contribution in [2.45, 2.75) is 26.8 Å². The molecule has 0 saturated heterocycles. The zero-order valence-corrected chi connectivity index (χ0v) is 11.1. The van der Waals surface area contributed by atoms with Crippen LogP contribution in [0.4, 0.5) is 0 Å². The Kier molecular flexibility index (Phi) is 5.36. The first-order valence-corrected chi connectivity index (χ1v) is 6.14. The lowest BCUT2D eigenvalue weighted by molar-refractivity contribution is -0.122. The van der Waals surface area contributed by atoms with Crippen LogP contribution in [0.5, 0.6) is 0 Å². The molecule has 2 N–H and O–H groups in total. The van der Waals surface area contributed by atoms with Gasteiger partial charge in [0.05, 0.1) is 0 Å². The smallest absolute Gasteiger partial charge is 0.251 e. The lowest BCUT2D eigenvalue weighted by Gasteiger charge is -2.15. The van der Waals surface area contributed by atoms with Gasteiger partial charge >= 0.3 is 0 Å². The molecule has 0 spiro atoms. The SMILES string of the molecule is CC(C)CNC(=O)[C@@H](C)NC(=O)c1ccccc1. The highest BCUT2D eigenvalue weighted by Gasteiger charge is 2.16. The van der Waals surface area contributed by atoms with Gasteiger partial charge in [0.15, 0.2) is 0 Å². The van der Waals surface area contributed by atoms with Gasteiger partial charge in [0.2, 0.25) is 5.91 Å². The number of amides is 2. The lowest BCUT2D eigenvalue weighted by atomic mass is 10.2. The number of hydrogen-bond donors (Lipinski definition) is 2. The molecule has 0 aliphatic rings. The summed E-state index contributed by atoms with van der Waals surface area (Å²) in [6.07, 6.45) is 0. The Morgan fingerprint density at radius 1 is 1.11 bits per heavy atom. The van der Waals surface area contributed by atoms with Gasteiger partial charge in [-0.2, -0.15) is 0 Å². The highest BCUT2D eigenvalue weighted by Crippen LogP contribution is 1.99.